The second kappa shape index (κ2) is 6.02. The predicted octanol–water partition coefficient (Wildman–Crippen LogP) is 2.27. The zero-order valence-electron chi connectivity index (χ0n) is 12.0. The molecule has 0 bridgehead atoms. The maximum absolute atomic E-state index is 9.46. The summed E-state index contributed by atoms with van der Waals surface area (Å²) in [4.78, 5) is 0. The van der Waals surface area contributed by atoms with Crippen LogP contribution in [-0.4, -0.2) is 31.5 Å². The highest BCUT2D eigenvalue weighted by Gasteiger charge is 2.31. The molecule has 1 heterocycles. The van der Waals surface area contributed by atoms with E-state index in [1.807, 2.05) is 12.1 Å². The summed E-state index contributed by atoms with van der Waals surface area (Å²) in [6.45, 7) is 1.03. The highest BCUT2D eigenvalue weighted by molar-refractivity contribution is 5.43. The van der Waals surface area contributed by atoms with Crippen molar-refractivity contribution >= 4 is 0 Å². The van der Waals surface area contributed by atoms with Crippen LogP contribution in [0, 0.1) is 5.92 Å². The highest BCUT2D eigenvalue weighted by atomic mass is 16.5. The number of methoxy groups -OCH3 is 1. The molecule has 3 rings (SSSR count). The van der Waals surface area contributed by atoms with Crippen LogP contribution in [0.15, 0.2) is 18.2 Å². The number of benzene rings is 1. The van der Waals surface area contributed by atoms with Gasteiger partial charge in [0.25, 0.3) is 0 Å². The minimum Gasteiger partial charge on any atom is -0.497 e. The van der Waals surface area contributed by atoms with Gasteiger partial charge in [0.2, 0.25) is 0 Å². The molecule has 0 radical (unpaired) electrons. The number of hydrogen-bond donors (Lipinski definition) is 2. The van der Waals surface area contributed by atoms with Crippen LogP contribution in [0.3, 0.4) is 0 Å². The number of aliphatic hydroxyl groups excluding tert-OH is 1. The molecule has 1 fully saturated rings. The molecular formula is C16H23NO3. The van der Waals surface area contributed by atoms with Crippen LogP contribution in [0.25, 0.3) is 0 Å². The summed E-state index contributed by atoms with van der Waals surface area (Å²) in [6.07, 6.45) is 4.45. The largest absolute Gasteiger partial charge is 0.497 e. The van der Waals surface area contributed by atoms with Crippen molar-refractivity contribution in [2.45, 2.75) is 37.8 Å². The van der Waals surface area contributed by atoms with Crippen LogP contribution in [0.2, 0.25) is 0 Å². The van der Waals surface area contributed by atoms with Crippen LogP contribution >= 0.6 is 0 Å². The second-order valence-electron chi connectivity index (χ2n) is 5.74. The smallest absolute Gasteiger partial charge is 0.124 e. The molecule has 1 aliphatic carbocycles. The number of hydrogen-bond acceptors (Lipinski definition) is 4. The lowest BCUT2D eigenvalue weighted by atomic mass is 9.97. The zero-order chi connectivity index (χ0) is 13.9. The Bertz CT molecular complexity index is 463. The van der Waals surface area contributed by atoms with Crippen molar-refractivity contribution in [2.75, 3.05) is 20.3 Å². The minimum absolute atomic E-state index is 0.284. The van der Waals surface area contributed by atoms with Crippen LogP contribution in [0.1, 0.15) is 37.3 Å². The standard InChI is InChI=1S/C16H23NO3/c1-19-12-5-6-16-13(9-12)15(7-8-20-16)17-14-4-2-3-11(14)10-18/h5-6,9,11,14-15,17-18H,2-4,7-8,10H2,1H3. The van der Waals surface area contributed by atoms with Crippen molar-refractivity contribution < 1.29 is 14.6 Å². The van der Waals surface area contributed by atoms with Gasteiger partial charge < -0.3 is 19.9 Å². The van der Waals surface area contributed by atoms with E-state index in [-0.39, 0.29) is 6.61 Å². The fourth-order valence-corrected chi connectivity index (χ4v) is 3.41. The summed E-state index contributed by atoms with van der Waals surface area (Å²) in [5.74, 6) is 2.21. The van der Waals surface area contributed by atoms with Crippen LogP contribution < -0.4 is 14.8 Å². The summed E-state index contributed by atoms with van der Waals surface area (Å²) in [5.41, 5.74) is 1.18. The van der Waals surface area contributed by atoms with E-state index in [0.29, 0.717) is 18.0 Å². The first-order valence-corrected chi connectivity index (χ1v) is 7.49. The molecule has 110 valence electrons. The Morgan fingerprint density at radius 3 is 3.05 bits per heavy atom. The van der Waals surface area contributed by atoms with Crippen LogP contribution in [-0.2, 0) is 0 Å². The normalized spacial score (nSPS) is 28.8. The van der Waals surface area contributed by atoms with E-state index in [2.05, 4.69) is 11.4 Å². The van der Waals surface area contributed by atoms with E-state index in [1.165, 1.54) is 12.0 Å². The van der Waals surface area contributed by atoms with Crippen molar-refractivity contribution in [3.05, 3.63) is 23.8 Å². The molecule has 2 aliphatic rings. The van der Waals surface area contributed by atoms with E-state index >= 15 is 0 Å². The van der Waals surface area contributed by atoms with Crippen molar-refractivity contribution in [2.24, 2.45) is 5.92 Å². The molecule has 1 aliphatic heterocycles. The summed E-state index contributed by atoms with van der Waals surface area (Å²) in [7, 11) is 1.69. The third-order valence-corrected chi connectivity index (χ3v) is 4.57. The molecule has 4 heteroatoms. The van der Waals surface area contributed by atoms with Crippen molar-refractivity contribution in [1.29, 1.82) is 0 Å². The average Bonchev–Trinajstić information content (AvgIpc) is 2.94. The quantitative estimate of drug-likeness (QED) is 0.886. The first-order chi connectivity index (χ1) is 9.81. The van der Waals surface area contributed by atoms with Gasteiger partial charge in [-0.3, -0.25) is 0 Å². The lowest BCUT2D eigenvalue weighted by Crippen LogP contribution is -2.38. The van der Waals surface area contributed by atoms with Gasteiger partial charge in [0.15, 0.2) is 0 Å². The van der Waals surface area contributed by atoms with Crippen molar-refractivity contribution in [3.8, 4) is 11.5 Å². The summed E-state index contributed by atoms with van der Waals surface area (Å²) in [6, 6.07) is 6.70. The highest BCUT2D eigenvalue weighted by Crippen LogP contribution is 2.36. The Morgan fingerprint density at radius 2 is 2.25 bits per heavy atom. The first-order valence-electron chi connectivity index (χ1n) is 7.49. The molecule has 3 atom stereocenters. The van der Waals surface area contributed by atoms with Gasteiger partial charge in [0.1, 0.15) is 11.5 Å². The second-order valence-corrected chi connectivity index (χ2v) is 5.74. The molecule has 1 aromatic carbocycles. The monoisotopic (exact) mass is 277 g/mol. The van der Waals surface area contributed by atoms with Crippen LogP contribution in [0.4, 0.5) is 0 Å². The number of nitrogens with one attached hydrogen (secondary N) is 1. The first kappa shape index (κ1) is 13.7. The lowest BCUT2D eigenvalue weighted by molar-refractivity contribution is 0.186. The van der Waals surface area contributed by atoms with Gasteiger partial charge in [-0.1, -0.05) is 6.42 Å². The molecule has 0 aromatic heterocycles. The summed E-state index contributed by atoms with van der Waals surface area (Å²) in [5, 5.41) is 13.2. The summed E-state index contributed by atoms with van der Waals surface area (Å²) < 4.78 is 11.0. The topological polar surface area (TPSA) is 50.7 Å². The fourth-order valence-electron chi connectivity index (χ4n) is 3.41. The van der Waals surface area contributed by atoms with Crippen LogP contribution in [0.5, 0.6) is 11.5 Å². The molecule has 1 saturated carbocycles. The Morgan fingerprint density at radius 1 is 1.35 bits per heavy atom. The average molecular weight is 277 g/mol. The van der Waals surface area contributed by atoms with Gasteiger partial charge in [-0.15, -0.1) is 0 Å². The number of aliphatic hydroxyl groups is 1. The maximum Gasteiger partial charge on any atom is 0.124 e. The van der Waals surface area contributed by atoms with Crippen molar-refractivity contribution in [3.63, 3.8) is 0 Å². The van der Waals surface area contributed by atoms with Gasteiger partial charge in [-0.05, 0) is 37.0 Å². The summed E-state index contributed by atoms with van der Waals surface area (Å²) >= 11 is 0. The van der Waals surface area contributed by atoms with E-state index in [1.54, 1.807) is 7.11 Å². The molecule has 0 spiro atoms. The lowest BCUT2D eigenvalue weighted by Gasteiger charge is -2.31. The number of ether oxygens (including phenoxy) is 2. The van der Waals surface area contributed by atoms with E-state index in [0.717, 1.165) is 37.4 Å². The predicted molar refractivity (Wildman–Crippen MR) is 77.2 cm³/mol. The zero-order valence-corrected chi connectivity index (χ0v) is 12.0. The number of rotatable bonds is 4. The van der Waals surface area contributed by atoms with E-state index in [4.69, 9.17) is 9.47 Å². The third kappa shape index (κ3) is 2.63. The third-order valence-electron chi connectivity index (χ3n) is 4.57. The van der Waals surface area contributed by atoms with Gasteiger partial charge in [0, 0.05) is 30.7 Å². The molecular weight excluding hydrogens is 254 g/mol. The van der Waals surface area contributed by atoms with Crippen molar-refractivity contribution in [1.82, 2.24) is 5.32 Å². The molecule has 1 aromatic rings. The number of fused-ring (bicyclic) bond motifs is 1. The van der Waals surface area contributed by atoms with E-state index < -0.39 is 0 Å². The Kier molecular flexibility index (Phi) is 4.13. The minimum atomic E-state index is 0.284. The fraction of sp³-hybridized carbons (Fsp3) is 0.625. The Hall–Kier alpha value is -1.26. The SMILES string of the molecule is COc1ccc2c(c1)C(NC1CCCC1CO)CCO2. The van der Waals surface area contributed by atoms with Gasteiger partial charge >= 0.3 is 0 Å². The molecule has 20 heavy (non-hydrogen) atoms. The Labute approximate surface area is 120 Å². The van der Waals surface area contributed by atoms with E-state index in [9.17, 15) is 5.11 Å². The van der Waals surface area contributed by atoms with Gasteiger partial charge in [0.05, 0.1) is 13.7 Å². The van der Waals surface area contributed by atoms with Gasteiger partial charge in [-0.2, -0.15) is 0 Å². The van der Waals surface area contributed by atoms with Gasteiger partial charge in [-0.25, -0.2) is 0 Å². The Balaban J connectivity index is 1.78. The molecule has 0 amide bonds. The molecule has 4 nitrogen and oxygen atoms in total. The molecule has 2 N–H and O–H groups in total. The molecule has 3 unspecified atom stereocenters. The maximum atomic E-state index is 9.46. The molecule has 0 saturated heterocycles.